The van der Waals surface area contributed by atoms with Gasteiger partial charge >= 0.3 is 5.97 Å². The molecule has 0 aliphatic carbocycles. The van der Waals surface area contributed by atoms with Gasteiger partial charge in [-0.2, -0.15) is 0 Å². The molecule has 0 aliphatic heterocycles. The van der Waals surface area contributed by atoms with Crippen molar-refractivity contribution in [3.05, 3.63) is 31.7 Å². The lowest BCUT2D eigenvalue weighted by atomic mass is 10.1. The van der Waals surface area contributed by atoms with Crippen molar-refractivity contribution in [2.24, 2.45) is 0 Å². The summed E-state index contributed by atoms with van der Waals surface area (Å²) in [6.07, 6.45) is -0.0341. The molecule has 0 saturated carbocycles. The van der Waals surface area contributed by atoms with E-state index in [4.69, 9.17) is 16.7 Å². The molecule has 1 rings (SSSR count). The maximum atomic E-state index is 10.4. The molecule has 1 N–H and O–H groups in total. The molecule has 1 aromatic carbocycles. The minimum atomic E-state index is -0.876. The van der Waals surface area contributed by atoms with Crippen LogP contribution in [0.2, 0.25) is 5.02 Å². The van der Waals surface area contributed by atoms with E-state index in [1.54, 1.807) is 12.1 Å². The first-order valence-electron chi connectivity index (χ1n) is 3.36. The molecule has 13 heavy (non-hydrogen) atoms. The van der Waals surface area contributed by atoms with E-state index >= 15 is 0 Å². The highest BCUT2D eigenvalue weighted by atomic mass is 79.9. The Morgan fingerprint density at radius 2 is 2.00 bits per heavy atom. The smallest absolute Gasteiger partial charge is 0.307 e. The predicted molar refractivity (Wildman–Crippen MR) is 58.2 cm³/mol. The van der Waals surface area contributed by atoms with Gasteiger partial charge in [-0.25, -0.2) is 0 Å². The Hall–Kier alpha value is -0.0600. The third kappa shape index (κ3) is 2.97. The van der Waals surface area contributed by atoms with E-state index in [1.807, 2.05) is 0 Å². The second kappa shape index (κ2) is 4.44. The van der Waals surface area contributed by atoms with Crippen molar-refractivity contribution in [3.8, 4) is 0 Å². The number of hydrogen-bond acceptors (Lipinski definition) is 1. The van der Waals surface area contributed by atoms with Crippen LogP contribution in [0.5, 0.6) is 0 Å². The average Bonchev–Trinajstić information content (AvgIpc) is 1.99. The van der Waals surface area contributed by atoms with Crippen molar-refractivity contribution in [1.82, 2.24) is 0 Å². The minimum Gasteiger partial charge on any atom is -0.481 e. The Morgan fingerprint density at radius 3 is 2.54 bits per heavy atom. The van der Waals surface area contributed by atoms with Crippen molar-refractivity contribution in [3.63, 3.8) is 0 Å². The lowest BCUT2D eigenvalue weighted by molar-refractivity contribution is -0.136. The van der Waals surface area contributed by atoms with Gasteiger partial charge in [-0.3, -0.25) is 4.79 Å². The third-order valence-electron chi connectivity index (χ3n) is 1.43. The highest BCUT2D eigenvalue weighted by Crippen LogP contribution is 2.29. The largest absolute Gasteiger partial charge is 0.481 e. The quantitative estimate of drug-likeness (QED) is 0.844. The number of aliphatic carboxylic acids is 1. The van der Waals surface area contributed by atoms with Crippen LogP contribution in [0.25, 0.3) is 0 Å². The van der Waals surface area contributed by atoms with Gasteiger partial charge in [0.15, 0.2) is 0 Å². The summed E-state index contributed by atoms with van der Waals surface area (Å²) in [6, 6.07) is 3.37. The molecule has 0 amide bonds. The van der Waals surface area contributed by atoms with E-state index in [1.165, 1.54) is 0 Å². The van der Waals surface area contributed by atoms with Crippen LogP contribution in [-0.4, -0.2) is 11.1 Å². The van der Waals surface area contributed by atoms with E-state index in [-0.39, 0.29) is 6.42 Å². The Balaban J connectivity index is 3.08. The lowest BCUT2D eigenvalue weighted by Crippen LogP contribution is -2.00. The van der Waals surface area contributed by atoms with Crippen LogP contribution in [0.3, 0.4) is 0 Å². The molecule has 0 radical (unpaired) electrons. The van der Waals surface area contributed by atoms with Gasteiger partial charge in [-0.15, -0.1) is 0 Å². The van der Waals surface area contributed by atoms with Gasteiger partial charge in [0.25, 0.3) is 0 Å². The number of benzene rings is 1. The van der Waals surface area contributed by atoms with Gasteiger partial charge in [0.05, 0.1) is 11.4 Å². The van der Waals surface area contributed by atoms with Gasteiger partial charge < -0.3 is 5.11 Å². The molecule has 2 nitrogen and oxygen atoms in total. The fourth-order valence-corrected chi connectivity index (χ4v) is 2.18. The summed E-state index contributed by atoms with van der Waals surface area (Å²) >= 11 is 12.3. The Labute approximate surface area is 97.2 Å². The zero-order valence-electron chi connectivity index (χ0n) is 6.35. The SMILES string of the molecule is O=C(O)Cc1cc(Cl)c(Br)cc1Br. The first-order valence-corrected chi connectivity index (χ1v) is 5.32. The van der Waals surface area contributed by atoms with Crippen LogP contribution >= 0.6 is 43.5 Å². The maximum Gasteiger partial charge on any atom is 0.307 e. The van der Waals surface area contributed by atoms with Crippen molar-refractivity contribution in [2.75, 3.05) is 0 Å². The van der Waals surface area contributed by atoms with Gasteiger partial charge in [-0.05, 0) is 33.6 Å². The summed E-state index contributed by atoms with van der Waals surface area (Å²) in [5, 5.41) is 9.09. The fourth-order valence-electron chi connectivity index (χ4n) is 0.862. The standard InChI is InChI=1S/C8H5Br2ClO2/c9-5-3-6(10)7(11)1-4(5)2-8(12)13/h1,3H,2H2,(H,12,13). The van der Waals surface area contributed by atoms with Gasteiger partial charge in [0.1, 0.15) is 0 Å². The number of carboxylic acids is 1. The first kappa shape index (κ1) is 11.0. The zero-order chi connectivity index (χ0) is 10.0. The lowest BCUT2D eigenvalue weighted by Gasteiger charge is -2.03. The molecule has 0 spiro atoms. The molecule has 0 heterocycles. The Bertz CT molecular complexity index is 352. The summed E-state index contributed by atoms with van der Waals surface area (Å²) in [5.74, 6) is -0.876. The molecule has 0 unspecified atom stereocenters. The normalized spacial score (nSPS) is 10.1. The molecule has 0 aliphatic rings. The van der Waals surface area contributed by atoms with E-state index in [9.17, 15) is 4.79 Å². The summed E-state index contributed by atoms with van der Waals surface area (Å²) in [5.41, 5.74) is 0.667. The first-order chi connectivity index (χ1) is 6.00. The molecule has 1 aromatic rings. The van der Waals surface area contributed by atoms with Crippen molar-refractivity contribution < 1.29 is 9.90 Å². The number of hydrogen-bond donors (Lipinski definition) is 1. The van der Waals surface area contributed by atoms with Crippen molar-refractivity contribution in [1.29, 1.82) is 0 Å². The minimum absolute atomic E-state index is 0.0341. The third-order valence-corrected chi connectivity index (χ3v) is 3.37. The molecule has 70 valence electrons. The van der Waals surface area contributed by atoms with Crippen LogP contribution in [0.15, 0.2) is 21.1 Å². The highest BCUT2D eigenvalue weighted by Gasteiger charge is 2.08. The van der Waals surface area contributed by atoms with Gasteiger partial charge in [-0.1, -0.05) is 27.5 Å². The number of carbonyl (C=O) groups is 1. The molecular weight excluding hydrogens is 323 g/mol. The molecule has 0 atom stereocenters. The summed E-state index contributed by atoms with van der Waals surface area (Å²) in [4.78, 5) is 10.4. The summed E-state index contributed by atoms with van der Waals surface area (Å²) < 4.78 is 1.49. The highest BCUT2D eigenvalue weighted by molar-refractivity contribution is 9.11. The topological polar surface area (TPSA) is 37.3 Å². The van der Waals surface area contributed by atoms with Crippen LogP contribution < -0.4 is 0 Å². The Morgan fingerprint density at radius 1 is 1.38 bits per heavy atom. The summed E-state index contributed by atoms with van der Waals surface area (Å²) in [6.45, 7) is 0. The van der Waals surface area contributed by atoms with Gasteiger partial charge in [0.2, 0.25) is 0 Å². The van der Waals surface area contributed by atoms with E-state index in [0.717, 1.165) is 8.95 Å². The van der Waals surface area contributed by atoms with Crippen LogP contribution in [0.4, 0.5) is 0 Å². The number of rotatable bonds is 2. The van der Waals surface area contributed by atoms with Crippen LogP contribution in [0, 0.1) is 0 Å². The van der Waals surface area contributed by atoms with Crippen LogP contribution in [0.1, 0.15) is 5.56 Å². The molecule has 0 aromatic heterocycles. The fraction of sp³-hybridized carbons (Fsp3) is 0.125. The summed E-state index contributed by atoms with van der Waals surface area (Å²) in [7, 11) is 0. The van der Waals surface area contributed by atoms with Crippen molar-refractivity contribution in [2.45, 2.75) is 6.42 Å². The molecule has 0 bridgehead atoms. The van der Waals surface area contributed by atoms with E-state index in [2.05, 4.69) is 31.9 Å². The predicted octanol–water partition coefficient (Wildman–Crippen LogP) is 3.49. The molecular formula is C8H5Br2ClO2. The maximum absolute atomic E-state index is 10.4. The number of halogens is 3. The average molecular weight is 328 g/mol. The second-order valence-electron chi connectivity index (χ2n) is 2.43. The van der Waals surface area contributed by atoms with E-state index < -0.39 is 5.97 Å². The number of carboxylic acid groups (broad SMARTS) is 1. The second-order valence-corrected chi connectivity index (χ2v) is 4.54. The molecule has 0 saturated heterocycles. The monoisotopic (exact) mass is 326 g/mol. The molecule has 5 heteroatoms. The molecule has 0 fully saturated rings. The van der Waals surface area contributed by atoms with E-state index in [0.29, 0.717) is 10.6 Å². The van der Waals surface area contributed by atoms with Crippen molar-refractivity contribution >= 4 is 49.4 Å². The van der Waals surface area contributed by atoms with Gasteiger partial charge in [0, 0.05) is 8.95 Å². The zero-order valence-corrected chi connectivity index (χ0v) is 10.3. The Kier molecular flexibility index (Phi) is 3.76. The van der Waals surface area contributed by atoms with Crippen LogP contribution in [-0.2, 0) is 11.2 Å².